The molecule has 0 aliphatic heterocycles. The van der Waals surface area contributed by atoms with E-state index in [2.05, 4.69) is 19.1 Å². The third-order valence-electron chi connectivity index (χ3n) is 2.00. The van der Waals surface area contributed by atoms with Crippen LogP contribution in [0.3, 0.4) is 0 Å². The van der Waals surface area contributed by atoms with Gasteiger partial charge in [0.15, 0.2) is 0 Å². The lowest BCUT2D eigenvalue weighted by molar-refractivity contribution is -0.137. The molecule has 0 saturated heterocycles. The minimum absolute atomic E-state index is 0.155. The molecule has 0 spiro atoms. The zero-order valence-corrected chi connectivity index (χ0v) is 8.78. The third kappa shape index (κ3) is 9.26. The molecule has 1 unspecified atom stereocenters. The van der Waals surface area contributed by atoms with Gasteiger partial charge in [-0.15, -0.1) is 0 Å². The van der Waals surface area contributed by atoms with Crippen molar-refractivity contribution in [1.82, 2.24) is 0 Å². The normalized spacial score (nSPS) is 13.3. The van der Waals surface area contributed by atoms with Crippen molar-refractivity contribution in [2.75, 3.05) is 0 Å². The highest BCUT2D eigenvalue weighted by molar-refractivity contribution is 5.66. The highest BCUT2D eigenvalue weighted by atomic mass is 16.4. The van der Waals surface area contributed by atoms with Gasteiger partial charge in [-0.25, -0.2) is 0 Å². The van der Waals surface area contributed by atoms with Gasteiger partial charge in [-0.2, -0.15) is 0 Å². The minimum Gasteiger partial charge on any atom is -0.481 e. The quantitative estimate of drug-likeness (QED) is 0.591. The van der Waals surface area contributed by atoms with Gasteiger partial charge in [0.1, 0.15) is 0 Å². The predicted molar refractivity (Wildman–Crippen MR) is 56.2 cm³/mol. The number of aliphatic hydroxyl groups excluding tert-OH is 1. The van der Waals surface area contributed by atoms with E-state index in [4.69, 9.17) is 5.11 Å². The van der Waals surface area contributed by atoms with E-state index in [0.717, 1.165) is 19.3 Å². The Kier molecular flexibility index (Phi) is 8.24. The lowest BCUT2D eigenvalue weighted by Gasteiger charge is -2.07. The Hall–Kier alpha value is -0.830. The van der Waals surface area contributed by atoms with Gasteiger partial charge in [-0.3, -0.25) is 4.79 Å². The second-order valence-electron chi connectivity index (χ2n) is 3.40. The molecule has 0 bridgehead atoms. The maximum atomic E-state index is 10.2. The zero-order chi connectivity index (χ0) is 10.8. The van der Waals surface area contributed by atoms with Gasteiger partial charge in [-0.1, -0.05) is 19.1 Å². The van der Waals surface area contributed by atoms with Gasteiger partial charge in [0.05, 0.1) is 6.10 Å². The number of aliphatic carboxylic acids is 1. The summed E-state index contributed by atoms with van der Waals surface area (Å²) in [5.74, 6) is -0.789. The molecule has 0 aliphatic carbocycles. The first-order chi connectivity index (χ1) is 6.66. The van der Waals surface area contributed by atoms with Crippen molar-refractivity contribution in [3.05, 3.63) is 12.2 Å². The van der Waals surface area contributed by atoms with Crippen LogP contribution in [0.15, 0.2) is 12.2 Å². The smallest absolute Gasteiger partial charge is 0.303 e. The van der Waals surface area contributed by atoms with E-state index in [-0.39, 0.29) is 12.5 Å². The molecule has 0 radical (unpaired) electrons. The number of allylic oxidation sites excluding steroid dienone is 2. The highest BCUT2D eigenvalue weighted by Gasteiger charge is 2.04. The predicted octanol–water partition coefficient (Wildman–Crippen LogP) is 2.35. The van der Waals surface area contributed by atoms with Crippen LogP contribution in [0.2, 0.25) is 0 Å². The van der Waals surface area contributed by atoms with E-state index in [1.165, 1.54) is 0 Å². The maximum absolute atomic E-state index is 10.2. The molecule has 0 amide bonds. The van der Waals surface area contributed by atoms with E-state index >= 15 is 0 Å². The van der Waals surface area contributed by atoms with E-state index in [0.29, 0.717) is 12.8 Å². The Balaban J connectivity index is 3.32. The molecule has 1 atom stereocenters. The first-order valence-corrected chi connectivity index (χ1v) is 5.21. The molecule has 14 heavy (non-hydrogen) atoms. The topological polar surface area (TPSA) is 57.5 Å². The second kappa shape index (κ2) is 8.75. The number of hydrogen-bond donors (Lipinski definition) is 2. The molecular weight excluding hydrogens is 180 g/mol. The summed E-state index contributed by atoms with van der Waals surface area (Å²) in [6, 6.07) is 0. The van der Waals surface area contributed by atoms with Gasteiger partial charge < -0.3 is 10.2 Å². The number of carbonyl (C=O) groups is 1. The van der Waals surface area contributed by atoms with Crippen molar-refractivity contribution in [3.8, 4) is 0 Å². The number of carboxylic acids is 1. The lowest BCUT2D eigenvalue weighted by atomic mass is 10.1. The van der Waals surface area contributed by atoms with Gasteiger partial charge >= 0.3 is 5.97 Å². The van der Waals surface area contributed by atoms with Crippen LogP contribution in [0.4, 0.5) is 0 Å². The Morgan fingerprint density at radius 1 is 1.36 bits per heavy atom. The van der Waals surface area contributed by atoms with E-state index < -0.39 is 5.97 Å². The maximum Gasteiger partial charge on any atom is 0.303 e. The van der Waals surface area contributed by atoms with Crippen molar-refractivity contribution < 1.29 is 15.0 Å². The molecule has 0 heterocycles. The molecule has 0 aromatic carbocycles. The zero-order valence-electron chi connectivity index (χ0n) is 8.78. The fourth-order valence-electron chi connectivity index (χ4n) is 1.21. The Morgan fingerprint density at radius 3 is 2.64 bits per heavy atom. The molecule has 0 rings (SSSR count). The van der Waals surface area contributed by atoms with Gasteiger partial charge in [0.25, 0.3) is 0 Å². The highest BCUT2D eigenvalue weighted by Crippen LogP contribution is 2.07. The number of rotatable bonds is 8. The molecular formula is C11H20O3. The minimum atomic E-state index is -0.789. The van der Waals surface area contributed by atoms with Crippen molar-refractivity contribution in [2.45, 2.75) is 51.6 Å². The van der Waals surface area contributed by atoms with Crippen LogP contribution in [0.5, 0.6) is 0 Å². The van der Waals surface area contributed by atoms with Gasteiger partial charge in [0, 0.05) is 6.42 Å². The summed E-state index contributed by atoms with van der Waals surface area (Å²) < 4.78 is 0. The molecule has 3 nitrogen and oxygen atoms in total. The van der Waals surface area contributed by atoms with Crippen LogP contribution < -0.4 is 0 Å². The summed E-state index contributed by atoms with van der Waals surface area (Å²) in [5.41, 5.74) is 0. The van der Waals surface area contributed by atoms with E-state index in [1.54, 1.807) is 0 Å². The van der Waals surface area contributed by atoms with Crippen LogP contribution >= 0.6 is 0 Å². The number of aliphatic hydroxyl groups is 1. The van der Waals surface area contributed by atoms with Crippen LogP contribution in [-0.4, -0.2) is 22.3 Å². The van der Waals surface area contributed by atoms with Crippen molar-refractivity contribution >= 4 is 5.97 Å². The van der Waals surface area contributed by atoms with Crippen LogP contribution in [0.25, 0.3) is 0 Å². The monoisotopic (exact) mass is 200 g/mol. The SMILES string of the molecule is CC/C=C\CCC(O)CCCC(=O)O. The van der Waals surface area contributed by atoms with Crippen LogP contribution in [0.1, 0.15) is 45.4 Å². The molecule has 82 valence electrons. The summed E-state index contributed by atoms with van der Waals surface area (Å²) in [4.78, 5) is 10.2. The number of carboxylic acid groups (broad SMARTS) is 1. The lowest BCUT2D eigenvalue weighted by Crippen LogP contribution is -2.06. The van der Waals surface area contributed by atoms with Crippen molar-refractivity contribution in [1.29, 1.82) is 0 Å². The summed E-state index contributed by atoms with van der Waals surface area (Å²) in [5, 5.41) is 17.8. The fourth-order valence-corrected chi connectivity index (χ4v) is 1.21. The Bertz CT molecular complexity index is 175. The Morgan fingerprint density at radius 2 is 2.07 bits per heavy atom. The summed E-state index contributed by atoms with van der Waals surface area (Å²) in [7, 11) is 0. The largest absolute Gasteiger partial charge is 0.481 e. The Labute approximate surface area is 85.4 Å². The average molecular weight is 200 g/mol. The molecule has 0 aromatic heterocycles. The molecule has 0 aliphatic rings. The van der Waals surface area contributed by atoms with Crippen LogP contribution in [0, 0.1) is 0 Å². The average Bonchev–Trinajstić information content (AvgIpc) is 2.12. The van der Waals surface area contributed by atoms with E-state index in [9.17, 15) is 9.90 Å². The summed E-state index contributed by atoms with van der Waals surface area (Å²) in [6.45, 7) is 2.07. The van der Waals surface area contributed by atoms with Gasteiger partial charge in [-0.05, 0) is 32.1 Å². The molecule has 2 N–H and O–H groups in total. The molecule has 0 saturated carbocycles. The van der Waals surface area contributed by atoms with Crippen LogP contribution in [-0.2, 0) is 4.79 Å². The van der Waals surface area contributed by atoms with Crippen molar-refractivity contribution in [3.63, 3.8) is 0 Å². The van der Waals surface area contributed by atoms with E-state index in [1.807, 2.05) is 0 Å². The first kappa shape index (κ1) is 13.2. The molecule has 3 heteroatoms. The molecule has 0 aromatic rings. The number of hydrogen-bond acceptors (Lipinski definition) is 2. The van der Waals surface area contributed by atoms with Crippen molar-refractivity contribution in [2.24, 2.45) is 0 Å². The van der Waals surface area contributed by atoms with Gasteiger partial charge in [0.2, 0.25) is 0 Å². The third-order valence-corrected chi connectivity index (χ3v) is 2.00. The fraction of sp³-hybridized carbons (Fsp3) is 0.727. The summed E-state index contributed by atoms with van der Waals surface area (Å²) in [6.07, 6.45) is 7.72. The second-order valence-corrected chi connectivity index (χ2v) is 3.40. The first-order valence-electron chi connectivity index (χ1n) is 5.21. The standard InChI is InChI=1S/C11H20O3/c1-2-3-4-5-7-10(12)8-6-9-11(13)14/h3-4,10,12H,2,5-9H2,1H3,(H,13,14)/b4-3-. The summed E-state index contributed by atoms with van der Waals surface area (Å²) >= 11 is 0. The molecule has 0 fully saturated rings.